The number of nitrogens with zero attached hydrogens (tertiary/aromatic N) is 7. The average molecular weight is 587 g/mol. The first-order valence-corrected chi connectivity index (χ1v) is 14.2. The molecule has 3 aromatic heterocycles. The monoisotopic (exact) mass is 585 g/mol. The molecule has 0 spiro atoms. The van der Waals surface area contributed by atoms with Gasteiger partial charge in [0.2, 0.25) is 0 Å². The molecule has 0 N–H and O–H groups in total. The molecule has 0 saturated carbocycles. The Hall–Kier alpha value is -2.60. The first kappa shape index (κ1) is 24.7. The first-order chi connectivity index (χ1) is 18.0. The van der Waals surface area contributed by atoms with Gasteiger partial charge in [-0.3, -0.25) is 4.90 Å². The Bertz CT molecular complexity index is 1400. The number of aromatic nitrogens is 4. The van der Waals surface area contributed by atoms with Crippen LogP contribution in [-0.4, -0.2) is 77.0 Å². The molecule has 37 heavy (non-hydrogen) atoms. The molecule has 4 aromatic rings. The Balaban J connectivity index is 1.31. The van der Waals surface area contributed by atoms with Crippen LogP contribution in [0.15, 0.2) is 40.2 Å². The van der Waals surface area contributed by atoms with Crippen LogP contribution in [0.2, 0.25) is 0 Å². The lowest BCUT2D eigenvalue weighted by atomic mass is 10.2. The minimum Gasteiger partial charge on any atom is -0.379 e. The molecule has 0 amide bonds. The van der Waals surface area contributed by atoms with Crippen molar-refractivity contribution in [3.63, 3.8) is 0 Å². The number of rotatable bonds is 6. The van der Waals surface area contributed by atoms with Crippen LogP contribution in [0.25, 0.3) is 16.9 Å². The van der Waals surface area contributed by atoms with Crippen molar-refractivity contribution < 1.29 is 9.13 Å². The van der Waals surface area contributed by atoms with E-state index < -0.39 is 0 Å². The van der Waals surface area contributed by atoms with Crippen molar-refractivity contribution in [3.8, 4) is 11.3 Å². The van der Waals surface area contributed by atoms with Crippen molar-refractivity contribution in [1.82, 2.24) is 24.5 Å². The lowest BCUT2D eigenvalue weighted by molar-refractivity contribution is 0.0209. The topological polar surface area (TPSA) is 62.0 Å². The van der Waals surface area contributed by atoms with Crippen molar-refractivity contribution >= 4 is 49.7 Å². The summed E-state index contributed by atoms with van der Waals surface area (Å²) in [4.78, 5) is 16.7. The second-order valence-corrected chi connectivity index (χ2v) is 11.7. The fraction of sp³-hybridized carbons (Fsp3) is 0.423. The summed E-state index contributed by atoms with van der Waals surface area (Å²) in [6, 6.07) is 11.1. The van der Waals surface area contributed by atoms with E-state index in [0.29, 0.717) is 6.04 Å². The molecule has 1 unspecified atom stereocenters. The number of hydrogen-bond acceptors (Lipinski definition) is 8. The SMILES string of the molecule is CCc1nc2ccc(N3CCC(N4CCOCC4)C3)nn2c1N(C)c1nc(-c2ccc(F)cc2)c(Br)s1. The van der Waals surface area contributed by atoms with Crippen LogP contribution >= 0.6 is 27.3 Å². The molecule has 2 saturated heterocycles. The van der Waals surface area contributed by atoms with Gasteiger partial charge < -0.3 is 14.5 Å². The summed E-state index contributed by atoms with van der Waals surface area (Å²) in [6.45, 7) is 7.72. The molecule has 2 aliphatic rings. The number of benzene rings is 1. The van der Waals surface area contributed by atoms with Crippen molar-refractivity contribution in [1.29, 1.82) is 0 Å². The number of ether oxygens (including phenoxy) is 1. The normalized spacial score (nSPS) is 18.7. The number of imidazole rings is 1. The van der Waals surface area contributed by atoms with Crippen molar-refractivity contribution in [2.24, 2.45) is 0 Å². The molecule has 0 bridgehead atoms. The Morgan fingerprint density at radius 2 is 1.89 bits per heavy atom. The van der Waals surface area contributed by atoms with E-state index in [1.807, 2.05) is 11.6 Å². The van der Waals surface area contributed by atoms with E-state index in [9.17, 15) is 4.39 Å². The van der Waals surface area contributed by atoms with Crippen molar-refractivity contribution in [2.75, 3.05) is 56.2 Å². The first-order valence-electron chi connectivity index (χ1n) is 12.6. The number of halogens is 2. The minimum atomic E-state index is -0.262. The van der Waals surface area contributed by atoms with E-state index in [0.717, 1.165) is 95.4 Å². The zero-order valence-electron chi connectivity index (χ0n) is 20.9. The van der Waals surface area contributed by atoms with Gasteiger partial charge >= 0.3 is 0 Å². The lowest BCUT2D eigenvalue weighted by Crippen LogP contribution is -2.44. The van der Waals surface area contributed by atoms with Crippen LogP contribution in [0, 0.1) is 5.82 Å². The highest BCUT2D eigenvalue weighted by Crippen LogP contribution is 2.40. The van der Waals surface area contributed by atoms with Crippen LogP contribution in [0.3, 0.4) is 0 Å². The third-order valence-corrected chi connectivity index (χ3v) is 8.97. The summed E-state index contributed by atoms with van der Waals surface area (Å²) in [7, 11) is 2.00. The van der Waals surface area contributed by atoms with Crippen LogP contribution in [0.5, 0.6) is 0 Å². The van der Waals surface area contributed by atoms with Gasteiger partial charge in [0.1, 0.15) is 11.6 Å². The number of fused-ring (bicyclic) bond motifs is 1. The summed E-state index contributed by atoms with van der Waals surface area (Å²) < 4.78 is 21.8. The second kappa shape index (κ2) is 10.3. The predicted molar refractivity (Wildman–Crippen MR) is 149 cm³/mol. The number of hydrogen-bond donors (Lipinski definition) is 0. The van der Waals surface area contributed by atoms with E-state index in [4.69, 9.17) is 19.8 Å². The maximum absolute atomic E-state index is 13.4. The molecule has 0 radical (unpaired) electrons. The third-order valence-electron chi connectivity index (χ3n) is 7.19. The van der Waals surface area contributed by atoms with Gasteiger partial charge in [-0.05, 0) is 65.2 Å². The van der Waals surface area contributed by atoms with Gasteiger partial charge in [-0.15, -0.1) is 5.10 Å². The summed E-state index contributed by atoms with van der Waals surface area (Å²) in [5, 5.41) is 5.88. The third kappa shape index (κ3) is 4.73. The Labute approximate surface area is 227 Å². The predicted octanol–water partition coefficient (Wildman–Crippen LogP) is 5.00. The summed E-state index contributed by atoms with van der Waals surface area (Å²) in [6.07, 6.45) is 1.91. The van der Waals surface area contributed by atoms with Crippen LogP contribution in [0.4, 0.5) is 21.2 Å². The molecule has 0 aliphatic carbocycles. The van der Waals surface area contributed by atoms with E-state index in [2.05, 4.69) is 49.7 Å². The quantitative estimate of drug-likeness (QED) is 0.315. The highest BCUT2D eigenvalue weighted by Gasteiger charge is 2.30. The molecular weight excluding hydrogens is 557 g/mol. The largest absolute Gasteiger partial charge is 0.379 e. The molecule has 1 aromatic carbocycles. The van der Waals surface area contributed by atoms with Gasteiger partial charge in [0.15, 0.2) is 16.6 Å². The smallest absolute Gasteiger partial charge is 0.192 e. The zero-order chi connectivity index (χ0) is 25.5. The number of morpholine rings is 1. The molecule has 2 fully saturated rings. The summed E-state index contributed by atoms with van der Waals surface area (Å²) >= 11 is 5.20. The van der Waals surface area contributed by atoms with E-state index in [-0.39, 0.29) is 5.82 Å². The average Bonchev–Trinajstić information content (AvgIpc) is 3.66. The Morgan fingerprint density at radius 1 is 1.11 bits per heavy atom. The second-order valence-electron chi connectivity index (χ2n) is 9.42. The molecule has 2 aliphatic heterocycles. The molecule has 6 rings (SSSR count). The highest BCUT2D eigenvalue weighted by atomic mass is 79.9. The molecular formula is C26H29BrFN7OS. The minimum absolute atomic E-state index is 0.262. The Morgan fingerprint density at radius 3 is 2.65 bits per heavy atom. The van der Waals surface area contributed by atoms with E-state index in [1.165, 1.54) is 23.5 Å². The van der Waals surface area contributed by atoms with Crippen molar-refractivity contribution in [2.45, 2.75) is 25.8 Å². The molecule has 194 valence electrons. The van der Waals surface area contributed by atoms with Gasteiger partial charge in [-0.1, -0.05) is 18.3 Å². The van der Waals surface area contributed by atoms with Gasteiger partial charge in [-0.25, -0.2) is 14.4 Å². The highest BCUT2D eigenvalue weighted by molar-refractivity contribution is 9.11. The van der Waals surface area contributed by atoms with Gasteiger partial charge in [0, 0.05) is 44.8 Å². The van der Waals surface area contributed by atoms with Crippen molar-refractivity contribution in [3.05, 3.63) is 51.7 Å². The summed E-state index contributed by atoms with van der Waals surface area (Å²) in [5.74, 6) is 1.61. The van der Waals surface area contributed by atoms with Gasteiger partial charge in [0.05, 0.1) is 28.4 Å². The van der Waals surface area contributed by atoms with Gasteiger partial charge in [0.25, 0.3) is 0 Å². The molecule has 11 heteroatoms. The molecule has 8 nitrogen and oxygen atoms in total. The fourth-order valence-electron chi connectivity index (χ4n) is 5.20. The van der Waals surface area contributed by atoms with Crippen LogP contribution in [0.1, 0.15) is 19.0 Å². The van der Waals surface area contributed by atoms with E-state index >= 15 is 0 Å². The maximum Gasteiger partial charge on any atom is 0.192 e. The lowest BCUT2D eigenvalue weighted by Gasteiger charge is -2.32. The van der Waals surface area contributed by atoms with Gasteiger partial charge in [-0.2, -0.15) is 4.52 Å². The van der Waals surface area contributed by atoms with Crippen LogP contribution in [-0.2, 0) is 11.2 Å². The van der Waals surface area contributed by atoms with E-state index in [1.54, 1.807) is 12.1 Å². The standard InChI is InChI=1S/C26H29BrFN7OS/c1-3-20-25(32(2)26-30-23(24(27)37-26)17-4-6-18(28)7-5-17)35-21(29-20)8-9-22(31-35)34-11-10-19(16-34)33-12-14-36-15-13-33/h4-9,19H,3,10-16H2,1-2H3. The molecule has 5 heterocycles. The number of aryl methyl sites for hydroxylation is 1. The fourth-order valence-corrected chi connectivity index (χ4v) is 6.73. The molecule has 1 atom stereocenters. The number of anilines is 3. The number of thiazole rings is 1. The summed E-state index contributed by atoms with van der Waals surface area (Å²) in [5.41, 5.74) is 3.44. The Kier molecular flexibility index (Phi) is 6.87. The van der Waals surface area contributed by atoms with Crippen LogP contribution < -0.4 is 9.80 Å². The zero-order valence-corrected chi connectivity index (χ0v) is 23.3. The maximum atomic E-state index is 13.4.